The second-order valence-corrected chi connectivity index (χ2v) is 9.59. The second-order valence-electron chi connectivity index (χ2n) is 7.08. The Hall–Kier alpha value is -3.31. The number of thioether (sulfide) groups is 1. The van der Waals surface area contributed by atoms with E-state index >= 15 is 0 Å². The van der Waals surface area contributed by atoms with Crippen LogP contribution in [-0.4, -0.2) is 25.8 Å². The van der Waals surface area contributed by atoms with Gasteiger partial charge in [-0.15, -0.1) is 11.3 Å². The van der Waals surface area contributed by atoms with Gasteiger partial charge in [-0.05, 0) is 36.9 Å². The van der Waals surface area contributed by atoms with E-state index in [0.29, 0.717) is 15.8 Å². The summed E-state index contributed by atoms with van der Waals surface area (Å²) in [5.41, 5.74) is -0.275. The van der Waals surface area contributed by atoms with Gasteiger partial charge in [-0.25, -0.2) is 23.1 Å². The minimum atomic E-state index is -0.817. The first-order valence-corrected chi connectivity index (χ1v) is 11.7. The third-order valence-electron chi connectivity index (χ3n) is 4.73. The molecule has 0 aliphatic heterocycles. The van der Waals surface area contributed by atoms with Crippen molar-refractivity contribution in [2.45, 2.75) is 24.7 Å². The number of halogens is 2. The lowest BCUT2D eigenvalue weighted by atomic mass is 10.2. The topological polar surface area (TPSA) is 86.0 Å². The van der Waals surface area contributed by atoms with E-state index in [1.165, 1.54) is 11.8 Å². The number of amides is 1. The molecule has 0 fully saturated rings. The molecule has 0 spiro atoms. The Morgan fingerprint density at radius 3 is 2.58 bits per heavy atom. The minimum absolute atomic E-state index is 0.0733. The van der Waals surface area contributed by atoms with Crippen molar-refractivity contribution in [1.82, 2.24) is 14.1 Å². The smallest absolute Gasteiger partial charge is 0.322 e. The predicted octanol–water partition coefficient (Wildman–Crippen LogP) is 3.95. The first kappa shape index (κ1) is 22.9. The predicted molar refractivity (Wildman–Crippen MR) is 126 cm³/mol. The SMILES string of the molecule is CCSc1nc2c(s1)c(=O)n(-c1ccc(C)cc1)c(=O)n2CC(=O)Nc1cc(F)ccc1F. The number of hydrogen-bond acceptors (Lipinski definition) is 6. The summed E-state index contributed by atoms with van der Waals surface area (Å²) in [6.45, 7) is 3.26. The first-order chi connectivity index (χ1) is 15.8. The van der Waals surface area contributed by atoms with E-state index in [-0.39, 0.29) is 16.0 Å². The number of anilines is 1. The van der Waals surface area contributed by atoms with Crippen LogP contribution in [-0.2, 0) is 11.3 Å². The van der Waals surface area contributed by atoms with Crippen molar-refractivity contribution in [2.24, 2.45) is 0 Å². The van der Waals surface area contributed by atoms with Crippen molar-refractivity contribution < 1.29 is 13.6 Å². The quantitative estimate of drug-likeness (QED) is 0.416. The molecule has 0 aliphatic carbocycles. The number of aryl methyl sites for hydroxylation is 1. The van der Waals surface area contributed by atoms with Crippen molar-refractivity contribution in [3.63, 3.8) is 0 Å². The van der Waals surface area contributed by atoms with Gasteiger partial charge >= 0.3 is 5.69 Å². The van der Waals surface area contributed by atoms with Crippen LogP contribution < -0.4 is 16.6 Å². The molecule has 2 heterocycles. The summed E-state index contributed by atoms with van der Waals surface area (Å²) in [6.07, 6.45) is 0. The number of hydrogen-bond donors (Lipinski definition) is 1. The molecule has 0 saturated carbocycles. The van der Waals surface area contributed by atoms with Crippen molar-refractivity contribution in [3.8, 4) is 5.69 Å². The van der Waals surface area contributed by atoms with Crippen LogP contribution >= 0.6 is 23.1 Å². The molecular weight excluding hydrogens is 470 g/mol. The van der Waals surface area contributed by atoms with Gasteiger partial charge in [0, 0.05) is 6.07 Å². The number of fused-ring (bicyclic) bond motifs is 1. The number of carbonyl (C=O) groups excluding carboxylic acids is 1. The highest BCUT2D eigenvalue weighted by atomic mass is 32.2. The van der Waals surface area contributed by atoms with E-state index in [1.54, 1.807) is 24.3 Å². The van der Waals surface area contributed by atoms with Crippen LogP contribution in [0.2, 0.25) is 0 Å². The van der Waals surface area contributed by atoms with Gasteiger partial charge in [-0.3, -0.25) is 14.2 Å². The lowest BCUT2D eigenvalue weighted by Crippen LogP contribution is -2.40. The van der Waals surface area contributed by atoms with Gasteiger partial charge in [-0.1, -0.05) is 36.4 Å². The molecule has 4 rings (SSSR count). The molecule has 1 N–H and O–H groups in total. The van der Waals surface area contributed by atoms with Crippen LogP contribution in [0.25, 0.3) is 16.0 Å². The van der Waals surface area contributed by atoms with Crippen molar-refractivity contribution in [1.29, 1.82) is 0 Å². The lowest BCUT2D eigenvalue weighted by Gasteiger charge is -2.12. The Labute approximate surface area is 194 Å². The summed E-state index contributed by atoms with van der Waals surface area (Å²) < 4.78 is 30.3. The van der Waals surface area contributed by atoms with Gasteiger partial charge in [0.25, 0.3) is 5.56 Å². The Bertz CT molecular complexity index is 1480. The minimum Gasteiger partial charge on any atom is -0.322 e. The molecule has 1 amide bonds. The van der Waals surface area contributed by atoms with Gasteiger partial charge in [0.1, 0.15) is 22.9 Å². The van der Waals surface area contributed by atoms with Crippen molar-refractivity contribution in [2.75, 3.05) is 11.1 Å². The summed E-state index contributed by atoms with van der Waals surface area (Å²) in [4.78, 5) is 43.6. The van der Waals surface area contributed by atoms with Gasteiger partial charge < -0.3 is 5.32 Å². The molecule has 0 saturated heterocycles. The first-order valence-electron chi connectivity index (χ1n) is 9.89. The number of thiazole rings is 1. The zero-order valence-electron chi connectivity index (χ0n) is 17.6. The maximum absolute atomic E-state index is 14.0. The maximum atomic E-state index is 14.0. The fourth-order valence-electron chi connectivity index (χ4n) is 3.19. The summed E-state index contributed by atoms with van der Waals surface area (Å²) in [6, 6.07) is 9.47. The Morgan fingerprint density at radius 1 is 1.15 bits per heavy atom. The highest BCUT2D eigenvalue weighted by Crippen LogP contribution is 2.27. The molecule has 0 bridgehead atoms. The molecule has 7 nitrogen and oxygen atoms in total. The van der Waals surface area contributed by atoms with E-state index in [9.17, 15) is 23.2 Å². The van der Waals surface area contributed by atoms with E-state index in [0.717, 1.165) is 44.2 Å². The van der Waals surface area contributed by atoms with Crippen molar-refractivity contribution in [3.05, 3.63) is 80.5 Å². The van der Waals surface area contributed by atoms with Crippen LogP contribution in [0.1, 0.15) is 12.5 Å². The third kappa shape index (κ3) is 4.60. The summed E-state index contributed by atoms with van der Waals surface area (Å²) in [5.74, 6) is -1.60. The molecule has 0 aliphatic rings. The van der Waals surface area contributed by atoms with E-state index in [4.69, 9.17) is 0 Å². The zero-order chi connectivity index (χ0) is 23.7. The Kier molecular flexibility index (Phi) is 6.43. The van der Waals surface area contributed by atoms with E-state index in [2.05, 4.69) is 10.3 Å². The fourth-order valence-corrected chi connectivity index (χ4v) is 5.16. The zero-order valence-corrected chi connectivity index (χ0v) is 19.2. The molecule has 2 aromatic carbocycles. The second kappa shape index (κ2) is 9.28. The highest BCUT2D eigenvalue weighted by Gasteiger charge is 2.21. The van der Waals surface area contributed by atoms with Gasteiger partial charge in [-0.2, -0.15) is 0 Å². The van der Waals surface area contributed by atoms with Gasteiger partial charge in [0.15, 0.2) is 9.99 Å². The molecule has 4 aromatic rings. The van der Waals surface area contributed by atoms with Crippen LogP contribution in [0.15, 0.2) is 56.4 Å². The Balaban J connectivity index is 1.84. The number of aromatic nitrogens is 3. The largest absolute Gasteiger partial charge is 0.337 e. The van der Waals surface area contributed by atoms with Crippen molar-refractivity contribution >= 4 is 45.0 Å². The number of carbonyl (C=O) groups is 1. The molecule has 2 aromatic heterocycles. The van der Waals surface area contributed by atoms with Crippen LogP contribution in [0.5, 0.6) is 0 Å². The number of rotatable bonds is 6. The molecule has 0 radical (unpaired) electrons. The molecule has 11 heteroatoms. The number of benzene rings is 2. The van der Waals surface area contributed by atoms with Crippen LogP contribution in [0, 0.1) is 18.6 Å². The van der Waals surface area contributed by atoms with Crippen LogP contribution in [0.4, 0.5) is 14.5 Å². The summed E-state index contributed by atoms with van der Waals surface area (Å²) >= 11 is 2.54. The monoisotopic (exact) mass is 488 g/mol. The molecule has 0 unspecified atom stereocenters. The molecule has 33 heavy (non-hydrogen) atoms. The van der Waals surface area contributed by atoms with Gasteiger partial charge in [0.2, 0.25) is 5.91 Å². The number of nitrogens with one attached hydrogen (secondary N) is 1. The van der Waals surface area contributed by atoms with E-state index in [1.807, 2.05) is 13.8 Å². The molecule has 0 atom stereocenters. The van der Waals surface area contributed by atoms with E-state index < -0.39 is 35.3 Å². The normalized spacial score (nSPS) is 11.2. The standard InChI is InChI=1S/C22H18F2N4O3S2/c1-3-32-21-26-19-18(33-21)20(30)28(14-7-4-12(2)5-8-14)22(31)27(19)11-17(29)25-16-10-13(23)6-9-15(16)24/h4-10H,3,11H2,1-2H3,(H,25,29). The highest BCUT2D eigenvalue weighted by molar-refractivity contribution is 8.01. The molecule has 170 valence electrons. The Morgan fingerprint density at radius 2 is 1.88 bits per heavy atom. The van der Waals surface area contributed by atoms with Crippen LogP contribution in [0.3, 0.4) is 0 Å². The average molecular weight is 489 g/mol. The maximum Gasteiger partial charge on any atom is 0.337 e. The molecular formula is C22H18F2N4O3S2. The lowest BCUT2D eigenvalue weighted by molar-refractivity contribution is -0.116. The number of nitrogens with zero attached hydrogens (tertiary/aromatic N) is 3. The summed E-state index contributed by atoms with van der Waals surface area (Å²) in [5, 5.41) is 2.27. The average Bonchev–Trinajstić information content (AvgIpc) is 3.19. The fraction of sp³-hybridized carbons (Fsp3) is 0.182. The summed E-state index contributed by atoms with van der Waals surface area (Å²) in [7, 11) is 0. The third-order valence-corrected chi connectivity index (χ3v) is 6.79. The van der Waals surface area contributed by atoms with Gasteiger partial charge in [0.05, 0.1) is 11.4 Å².